The number of nitrogens with one attached hydrogen (secondary N) is 1. The zero-order valence-corrected chi connectivity index (χ0v) is 12.2. The molecule has 104 valence electrons. The molecular weight excluding hydrogens is 220 g/mol. The molecule has 0 aliphatic heterocycles. The van der Waals surface area contributed by atoms with E-state index >= 15 is 0 Å². The second-order valence-corrected chi connectivity index (χ2v) is 7.09. The minimum Gasteiger partial charge on any atom is -0.317 e. The predicted octanol–water partition coefficient (Wildman–Crippen LogP) is 2.74. The molecular formula is C16H30N2. The highest BCUT2D eigenvalue weighted by atomic mass is 15.2. The third-order valence-electron chi connectivity index (χ3n) is 6.01. The summed E-state index contributed by atoms with van der Waals surface area (Å²) in [5.74, 6) is 4.15. The minimum atomic E-state index is 0.878. The van der Waals surface area contributed by atoms with Gasteiger partial charge < -0.3 is 10.2 Å². The molecule has 3 aliphatic rings. The lowest BCUT2D eigenvalue weighted by Gasteiger charge is -2.44. The van der Waals surface area contributed by atoms with E-state index in [1.165, 1.54) is 38.8 Å². The van der Waals surface area contributed by atoms with Crippen molar-refractivity contribution in [2.45, 2.75) is 51.5 Å². The number of rotatable bonds is 6. The second-order valence-electron chi connectivity index (χ2n) is 7.09. The zero-order chi connectivity index (χ0) is 12.5. The molecule has 3 saturated carbocycles. The molecule has 18 heavy (non-hydrogen) atoms. The van der Waals surface area contributed by atoms with Gasteiger partial charge in [-0.05, 0) is 75.9 Å². The van der Waals surface area contributed by atoms with Gasteiger partial charge in [0.25, 0.3) is 0 Å². The fourth-order valence-corrected chi connectivity index (χ4v) is 4.80. The maximum absolute atomic E-state index is 3.53. The molecule has 0 radical (unpaired) electrons. The van der Waals surface area contributed by atoms with Crippen LogP contribution in [0.1, 0.15) is 45.4 Å². The maximum Gasteiger partial charge on any atom is 0.0133 e. The van der Waals surface area contributed by atoms with Crippen molar-refractivity contribution < 1.29 is 0 Å². The van der Waals surface area contributed by atoms with E-state index in [-0.39, 0.29) is 0 Å². The summed E-state index contributed by atoms with van der Waals surface area (Å²) in [5.41, 5.74) is 0. The van der Waals surface area contributed by atoms with E-state index in [1.54, 1.807) is 12.8 Å². The first-order valence-corrected chi connectivity index (χ1v) is 8.19. The van der Waals surface area contributed by atoms with E-state index in [0.29, 0.717) is 0 Å². The van der Waals surface area contributed by atoms with Gasteiger partial charge in [0.15, 0.2) is 0 Å². The number of fused-ring (bicyclic) bond motifs is 2. The van der Waals surface area contributed by atoms with Crippen molar-refractivity contribution in [1.29, 1.82) is 0 Å². The SMILES string of the molecule is CCNCC1CCC1N(C)CC1CC2CCC1C2. The Labute approximate surface area is 113 Å². The maximum atomic E-state index is 3.53. The molecule has 0 spiro atoms. The van der Waals surface area contributed by atoms with Crippen LogP contribution in [0.15, 0.2) is 0 Å². The summed E-state index contributed by atoms with van der Waals surface area (Å²) in [4.78, 5) is 2.71. The van der Waals surface area contributed by atoms with E-state index in [0.717, 1.165) is 36.3 Å². The van der Waals surface area contributed by atoms with Crippen LogP contribution in [-0.4, -0.2) is 37.6 Å². The summed E-state index contributed by atoms with van der Waals surface area (Å²) < 4.78 is 0. The van der Waals surface area contributed by atoms with Gasteiger partial charge in [-0.2, -0.15) is 0 Å². The van der Waals surface area contributed by atoms with E-state index in [4.69, 9.17) is 0 Å². The van der Waals surface area contributed by atoms with Crippen LogP contribution in [0.3, 0.4) is 0 Å². The Hall–Kier alpha value is -0.0800. The largest absolute Gasteiger partial charge is 0.317 e. The van der Waals surface area contributed by atoms with Crippen molar-refractivity contribution in [1.82, 2.24) is 10.2 Å². The molecule has 0 aromatic carbocycles. The van der Waals surface area contributed by atoms with Gasteiger partial charge in [-0.15, -0.1) is 0 Å². The lowest BCUT2D eigenvalue weighted by atomic mass is 9.77. The van der Waals surface area contributed by atoms with Gasteiger partial charge in [0.1, 0.15) is 0 Å². The minimum absolute atomic E-state index is 0.878. The second kappa shape index (κ2) is 5.50. The van der Waals surface area contributed by atoms with Crippen LogP contribution in [0.5, 0.6) is 0 Å². The van der Waals surface area contributed by atoms with E-state index in [1.807, 2.05) is 0 Å². The monoisotopic (exact) mass is 250 g/mol. The van der Waals surface area contributed by atoms with Crippen LogP contribution in [0, 0.1) is 23.7 Å². The highest BCUT2D eigenvalue weighted by Gasteiger charge is 2.41. The molecule has 0 saturated heterocycles. The first-order chi connectivity index (χ1) is 8.78. The summed E-state index contributed by atoms with van der Waals surface area (Å²) in [5, 5.41) is 3.53. The number of hydrogen-bond acceptors (Lipinski definition) is 2. The Morgan fingerprint density at radius 1 is 1.06 bits per heavy atom. The van der Waals surface area contributed by atoms with Gasteiger partial charge in [0.2, 0.25) is 0 Å². The summed E-state index contributed by atoms with van der Waals surface area (Å²) in [6.07, 6.45) is 9.06. The van der Waals surface area contributed by atoms with Crippen LogP contribution < -0.4 is 5.32 Å². The fourth-order valence-electron chi connectivity index (χ4n) is 4.80. The molecule has 0 aromatic rings. The van der Waals surface area contributed by atoms with Crippen LogP contribution in [0.25, 0.3) is 0 Å². The van der Waals surface area contributed by atoms with Crippen molar-refractivity contribution in [3.63, 3.8) is 0 Å². The number of hydrogen-bond donors (Lipinski definition) is 1. The molecule has 3 aliphatic carbocycles. The molecule has 0 heterocycles. The molecule has 3 fully saturated rings. The summed E-state index contributed by atoms with van der Waals surface area (Å²) >= 11 is 0. The molecule has 2 heteroatoms. The average molecular weight is 250 g/mol. The highest BCUT2D eigenvalue weighted by molar-refractivity contribution is 4.94. The summed E-state index contributed by atoms with van der Waals surface area (Å²) in [7, 11) is 2.38. The van der Waals surface area contributed by atoms with Gasteiger partial charge in [-0.3, -0.25) is 0 Å². The quantitative estimate of drug-likeness (QED) is 0.780. The molecule has 5 atom stereocenters. The van der Waals surface area contributed by atoms with Gasteiger partial charge in [-0.1, -0.05) is 13.3 Å². The third kappa shape index (κ3) is 2.46. The first-order valence-electron chi connectivity index (χ1n) is 8.19. The first kappa shape index (κ1) is 12.9. The Bertz CT molecular complexity index is 278. The van der Waals surface area contributed by atoms with E-state index in [2.05, 4.69) is 24.2 Å². The van der Waals surface area contributed by atoms with Gasteiger partial charge in [-0.25, -0.2) is 0 Å². The molecule has 5 unspecified atom stereocenters. The lowest BCUT2D eigenvalue weighted by Crippen LogP contribution is -2.50. The van der Waals surface area contributed by atoms with Crippen molar-refractivity contribution in [2.24, 2.45) is 23.7 Å². The van der Waals surface area contributed by atoms with Crippen LogP contribution >= 0.6 is 0 Å². The highest BCUT2D eigenvalue weighted by Crippen LogP contribution is 2.48. The zero-order valence-electron chi connectivity index (χ0n) is 12.2. The van der Waals surface area contributed by atoms with Crippen molar-refractivity contribution in [3.8, 4) is 0 Å². The average Bonchev–Trinajstić information content (AvgIpc) is 2.89. The fraction of sp³-hybridized carbons (Fsp3) is 1.00. The van der Waals surface area contributed by atoms with E-state index in [9.17, 15) is 0 Å². The van der Waals surface area contributed by atoms with Crippen molar-refractivity contribution in [2.75, 3.05) is 26.7 Å². The standard InChI is InChI=1S/C16H30N2/c1-3-17-10-14-6-7-16(14)18(2)11-15-9-12-4-5-13(15)8-12/h12-17H,3-11H2,1-2H3. The molecule has 3 rings (SSSR count). The molecule has 2 nitrogen and oxygen atoms in total. The van der Waals surface area contributed by atoms with Crippen LogP contribution in [0.4, 0.5) is 0 Å². The normalized spacial score (nSPS) is 42.5. The lowest BCUT2D eigenvalue weighted by molar-refractivity contribution is 0.0625. The molecule has 0 aromatic heterocycles. The molecule has 1 N–H and O–H groups in total. The van der Waals surface area contributed by atoms with Crippen LogP contribution in [-0.2, 0) is 0 Å². The topological polar surface area (TPSA) is 15.3 Å². The smallest absolute Gasteiger partial charge is 0.0133 e. The van der Waals surface area contributed by atoms with Gasteiger partial charge in [0, 0.05) is 12.6 Å². The molecule has 2 bridgehead atoms. The molecule has 0 amide bonds. The number of nitrogens with zero attached hydrogens (tertiary/aromatic N) is 1. The Balaban J connectivity index is 1.45. The summed E-state index contributed by atoms with van der Waals surface area (Å²) in [6.45, 7) is 5.96. The predicted molar refractivity (Wildman–Crippen MR) is 76.6 cm³/mol. The van der Waals surface area contributed by atoms with Gasteiger partial charge in [0.05, 0.1) is 0 Å². The van der Waals surface area contributed by atoms with Gasteiger partial charge >= 0.3 is 0 Å². The Kier molecular flexibility index (Phi) is 3.95. The van der Waals surface area contributed by atoms with Crippen LogP contribution in [0.2, 0.25) is 0 Å². The van der Waals surface area contributed by atoms with E-state index < -0.39 is 0 Å². The van der Waals surface area contributed by atoms with Crippen molar-refractivity contribution in [3.05, 3.63) is 0 Å². The Morgan fingerprint density at radius 3 is 2.50 bits per heavy atom. The third-order valence-corrected chi connectivity index (χ3v) is 6.01. The van der Waals surface area contributed by atoms with Crippen molar-refractivity contribution >= 4 is 0 Å². The Morgan fingerprint density at radius 2 is 1.94 bits per heavy atom. The summed E-state index contributed by atoms with van der Waals surface area (Å²) in [6, 6.07) is 0.878.